The Balaban J connectivity index is 2.19. The lowest BCUT2D eigenvalue weighted by molar-refractivity contribution is -0.116. The van der Waals surface area contributed by atoms with Gasteiger partial charge in [0.2, 0.25) is 0 Å². The summed E-state index contributed by atoms with van der Waals surface area (Å²) in [5, 5.41) is 0. The van der Waals surface area contributed by atoms with Crippen LogP contribution in [0.15, 0.2) is 34.8 Å². The van der Waals surface area contributed by atoms with Crippen molar-refractivity contribution in [2.24, 2.45) is 4.99 Å². The van der Waals surface area contributed by atoms with Gasteiger partial charge in [0.15, 0.2) is 0 Å². The first-order valence-corrected chi connectivity index (χ1v) is 8.54. The molecular formula is C16H18INO. The van der Waals surface area contributed by atoms with Crippen molar-refractivity contribution in [2.45, 2.75) is 33.6 Å². The second kappa shape index (κ2) is 6.37. The van der Waals surface area contributed by atoms with Crippen LogP contribution in [0.5, 0.6) is 0 Å². The summed E-state index contributed by atoms with van der Waals surface area (Å²) in [6.45, 7) is 5.89. The fraction of sp³-hybridized carbons (Fsp3) is 0.312. The van der Waals surface area contributed by atoms with Crippen molar-refractivity contribution < 1.29 is 4.79 Å². The number of carbonyl (C=O) groups excluding carboxylic acids is 1. The summed E-state index contributed by atoms with van der Waals surface area (Å²) in [6, 6.07) is 8.65. The molecule has 0 atom stereocenters. The topological polar surface area (TPSA) is 29.4 Å². The van der Waals surface area contributed by atoms with Crippen LogP contribution in [0.1, 0.15) is 38.3 Å². The molecule has 1 aliphatic rings. The van der Waals surface area contributed by atoms with E-state index in [2.05, 4.69) is 43.1 Å². The zero-order chi connectivity index (χ0) is 13.8. The molecule has 1 heterocycles. The van der Waals surface area contributed by atoms with E-state index in [1.165, 1.54) is 23.9 Å². The van der Waals surface area contributed by atoms with Gasteiger partial charge in [-0.25, -0.2) is 0 Å². The molecule has 0 saturated carbocycles. The Morgan fingerprint density at radius 3 is 2.53 bits per heavy atom. The van der Waals surface area contributed by atoms with Gasteiger partial charge in [0.25, 0.3) is 0 Å². The van der Waals surface area contributed by atoms with Crippen molar-refractivity contribution in [2.75, 3.05) is 0 Å². The number of carbonyl (C=O) groups is 1. The molecule has 2 nitrogen and oxygen atoms in total. The molecule has 0 amide bonds. The van der Waals surface area contributed by atoms with Crippen LogP contribution < -0.4 is 0 Å². The molecule has 0 saturated heterocycles. The van der Waals surface area contributed by atoms with Crippen LogP contribution in [-0.4, -0.2) is 15.6 Å². The van der Waals surface area contributed by atoms with Crippen LogP contribution >= 0.6 is 20.7 Å². The smallest absolute Gasteiger partial charge is 0.130 e. The molecule has 0 radical (unpaired) electrons. The molecule has 0 bridgehead atoms. The molecule has 0 fully saturated rings. The Morgan fingerprint density at radius 2 is 1.89 bits per heavy atom. The van der Waals surface area contributed by atoms with Crippen LogP contribution in [0.3, 0.4) is 0 Å². The monoisotopic (exact) mass is 367 g/mol. The highest BCUT2D eigenvalue weighted by Crippen LogP contribution is 2.33. The molecule has 0 aliphatic carbocycles. The van der Waals surface area contributed by atoms with Gasteiger partial charge in [-0.3, -0.25) is 4.99 Å². The van der Waals surface area contributed by atoms with E-state index < -0.39 is 0 Å². The molecule has 19 heavy (non-hydrogen) atoms. The van der Waals surface area contributed by atoms with Crippen LogP contribution in [0.4, 0.5) is 0 Å². The van der Waals surface area contributed by atoms with Gasteiger partial charge in [0.1, 0.15) is 5.78 Å². The molecule has 0 spiro atoms. The summed E-state index contributed by atoms with van der Waals surface area (Å²) in [5.74, 6) is 0.252. The highest BCUT2D eigenvalue weighted by molar-refractivity contribution is 14.2. The van der Waals surface area contributed by atoms with E-state index in [0.29, 0.717) is 6.42 Å². The Labute approximate surface area is 124 Å². The van der Waals surface area contributed by atoms with Gasteiger partial charge in [-0.2, -0.15) is 0 Å². The number of benzene rings is 1. The third-order valence-corrected chi connectivity index (χ3v) is 6.06. The Morgan fingerprint density at radius 1 is 1.21 bits per heavy atom. The number of Topliss-reactive ketones (excluding diaryl/α,β-unsaturated/α-hetero) is 1. The molecule has 1 aliphatic heterocycles. The van der Waals surface area contributed by atoms with E-state index in [0.717, 1.165) is 6.42 Å². The number of hydrogen-bond donors (Lipinski definition) is 0. The van der Waals surface area contributed by atoms with Gasteiger partial charge >= 0.3 is 0 Å². The maximum absolute atomic E-state index is 11.0. The fourth-order valence-corrected chi connectivity index (χ4v) is 4.19. The lowest BCUT2D eigenvalue weighted by atomic mass is 10.0. The van der Waals surface area contributed by atoms with Gasteiger partial charge in [0.05, 0.1) is 3.63 Å². The maximum atomic E-state index is 11.0. The second-order valence-electron chi connectivity index (χ2n) is 4.75. The maximum Gasteiger partial charge on any atom is 0.130 e. The predicted molar refractivity (Wildman–Crippen MR) is 91.2 cm³/mol. The third-order valence-electron chi connectivity index (χ3n) is 2.99. The molecule has 0 unspecified atom stereocenters. The van der Waals surface area contributed by atoms with E-state index in [9.17, 15) is 4.79 Å². The largest absolute Gasteiger partial charge is 0.300 e. The number of halogens is 1. The highest BCUT2D eigenvalue weighted by Gasteiger charge is 2.07. The summed E-state index contributed by atoms with van der Waals surface area (Å²) >= 11 is -0.117. The lowest BCUT2D eigenvalue weighted by Crippen LogP contribution is -1.96. The highest BCUT2D eigenvalue weighted by atomic mass is 127. The zero-order valence-corrected chi connectivity index (χ0v) is 13.7. The van der Waals surface area contributed by atoms with E-state index in [1.807, 2.05) is 6.21 Å². The number of nitrogens with zero attached hydrogens (tertiary/aromatic N) is 1. The van der Waals surface area contributed by atoms with Crippen LogP contribution in [0, 0.1) is 0 Å². The SMILES string of the molecule is CC(=O)CCc1ccc(C2=C(C)C=NC(C)=I2)cc1. The summed E-state index contributed by atoms with van der Waals surface area (Å²) < 4.78 is 2.73. The number of allylic oxidation sites excluding steroid dienone is 1. The van der Waals surface area contributed by atoms with Crippen LogP contribution in [0.2, 0.25) is 0 Å². The number of aliphatic imine (C=N–C) groups is 1. The molecule has 0 N–H and O–H groups in total. The first kappa shape index (κ1) is 14.3. The van der Waals surface area contributed by atoms with Crippen molar-refractivity contribution >= 4 is 39.9 Å². The average Bonchev–Trinajstić information content (AvgIpc) is 2.40. The van der Waals surface area contributed by atoms with E-state index in [-0.39, 0.29) is 26.5 Å². The van der Waals surface area contributed by atoms with E-state index >= 15 is 0 Å². The first-order valence-electron chi connectivity index (χ1n) is 6.38. The minimum absolute atomic E-state index is 0.117. The van der Waals surface area contributed by atoms with Crippen molar-refractivity contribution in [1.82, 2.24) is 0 Å². The first-order chi connectivity index (χ1) is 9.06. The van der Waals surface area contributed by atoms with Gasteiger partial charge < -0.3 is 4.79 Å². The minimum atomic E-state index is -0.117. The van der Waals surface area contributed by atoms with Crippen molar-refractivity contribution in [3.8, 4) is 0 Å². The predicted octanol–water partition coefficient (Wildman–Crippen LogP) is 4.14. The number of rotatable bonds is 4. The summed E-state index contributed by atoms with van der Waals surface area (Å²) in [7, 11) is 0. The Hall–Kier alpha value is -1.10. The fourth-order valence-electron chi connectivity index (χ4n) is 1.90. The summed E-state index contributed by atoms with van der Waals surface area (Å²) in [6.07, 6.45) is 3.44. The van der Waals surface area contributed by atoms with Crippen LogP contribution in [-0.2, 0) is 11.2 Å². The van der Waals surface area contributed by atoms with Crippen molar-refractivity contribution in [3.05, 3.63) is 41.0 Å². The number of ketones is 1. The van der Waals surface area contributed by atoms with Gasteiger partial charge in [-0.05, 0) is 43.9 Å². The standard InChI is InChI=1S/C16H18INO/c1-11-10-18-13(3)17-16(11)15-8-6-14(7-9-15)5-4-12(2)19/h6-10H,4-5H2,1-3H3. The minimum Gasteiger partial charge on any atom is -0.300 e. The molecular weight excluding hydrogens is 349 g/mol. The molecule has 3 heteroatoms. The zero-order valence-electron chi connectivity index (χ0n) is 11.5. The quantitative estimate of drug-likeness (QED) is 0.736. The number of hydrogen-bond acceptors (Lipinski definition) is 2. The average molecular weight is 367 g/mol. The lowest BCUT2D eigenvalue weighted by Gasteiger charge is -2.10. The number of aryl methyl sites for hydroxylation is 1. The Bertz CT molecular complexity index is 579. The summed E-state index contributed by atoms with van der Waals surface area (Å²) in [5.41, 5.74) is 3.83. The molecule has 1 aromatic carbocycles. The molecule has 100 valence electrons. The molecule has 0 aromatic heterocycles. The van der Waals surface area contributed by atoms with Crippen molar-refractivity contribution in [1.29, 1.82) is 0 Å². The second-order valence-corrected chi connectivity index (χ2v) is 7.93. The Kier molecular flexibility index (Phi) is 4.80. The third kappa shape index (κ3) is 3.93. The van der Waals surface area contributed by atoms with E-state index in [4.69, 9.17) is 0 Å². The van der Waals surface area contributed by atoms with Gasteiger partial charge in [0, 0.05) is 16.2 Å². The normalized spacial score (nSPS) is 15.0. The van der Waals surface area contributed by atoms with Crippen LogP contribution in [0.25, 0.3) is 3.58 Å². The van der Waals surface area contributed by atoms with Crippen molar-refractivity contribution in [3.63, 3.8) is 0 Å². The van der Waals surface area contributed by atoms with E-state index in [1.54, 1.807) is 6.92 Å². The molecule has 1 aromatic rings. The van der Waals surface area contributed by atoms with Gasteiger partial charge in [-0.1, -0.05) is 45.0 Å². The van der Waals surface area contributed by atoms with Gasteiger partial charge in [-0.15, -0.1) is 0 Å². The molecule has 2 rings (SSSR count). The summed E-state index contributed by atoms with van der Waals surface area (Å²) in [4.78, 5) is 15.4.